The molecule has 1 aromatic heterocycles. The van der Waals surface area contributed by atoms with Crippen LogP contribution in [0.25, 0.3) is 22.3 Å². The van der Waals surface area contributed by atoms with Gasteiger partial charge in [-0.05, 0) is 71.8 Å². The minimum Gasteiger partial charge on any atom is -0.478 e. The number of hydrogen-bond acceptors (Lipinski definition) is 6. The van der Waals surface area contributed by atoms with E-state index in [1.807, 2.05) is 25.1 Å². The van der Waals surface area contributed by atoms with Gasteiger partial charge in [0.05, 0.1) is 16.6 Å². The van der Waals surface area contributed by atoms with E-state index in [4.69, 9.17) is 19.0 Å². The molecule has 1 amide bonds. The average Bonchev–Trinajstić information content (AvgIpc) is 3.46. The molecule has 3 N–H and O–H groups in total. The number of fused-ring (bicyclic) bond motifs is 1. The van der Waals surface area contributed by atoms with Gasteiger partial charge in [0.15, 0.2) is 0 Å². The minimum atomic E-state index is -1.35. The van der Waals surface area contributed by atoms with Gasteiger partial charge in [0.2, 0.25) is 0 Å². The van der Waals surface area contributed by atoms with Gasteiger partial charge in [0.25, 0.3) is 0 Å². The van der Waals surface area contributed by atoms with Crippen LogP contribution in [0.3, 0.4) is 0 Å². The maximum Gasteiger partial charge on any atom is 0.506 e. The van der Waals surface area contributed by atoms with Crippen molar-refractivity contribution in [2.75, 3.05) is 6.54 Å². The average molecular weight is 574 g/mol. The number of carbonyl (C=O) groups excluding carboxylic acids is 1. The normalized spacial score (nSPS) is 15.3. The van der Waals surface area contributed by atoms with Crippen molar-refractivity contribution < 1.29 is 38.5 Å². The highest BCUT2D eigenvalue weighted by molar-refractivity contribution is 9.10. The number of amides is 1. The molecule has 196 valence electrons. The first kappa shape index (κ1) is 26.5. The lowest BCUT2D eigenvalue weighted by molar-refractivity contribution is -0.0154. The molecule has 1 unspecified atom stereocenters. The molecule has 2 aromatic carbocycles. The molecule has 0 aliphatic heterocycles. The van der Waals surface area contributed by atoms with Crippen molar-refractivity contribution >= 4 is 45.1 Å². The molecule has 9 nitrogen and oxygen atoms in total. The first-order chi connectivity index (χ1) is 17.7. The molecule has 1 aliphatic rings. The fraction of sp³-hybridized carbons (Fsp3) is 0.370. The number of nitrogens with one attached hydrogen (secondary N) is 1. The number of halogens is 1. The third-order valence-corrected chi connectivity index (χ3v) is 7.45. The lowest BCUT2D eigenvalue weighted by Gasteiger charge is -2.28. The third kappa shape index (κ3) is 6.07. The predicted octanol–water partition coefficient (Wildman–Crippen LogP) is 6.62. The Kier molecular flexibility index (Phi) is 8.06. The number of hydrogen-bond donors (Lipinski definition) is 3. The monoisotopic (exact) mass is 573 g/mol. The van der Waals surface area contributed by atoms with E-state index in [-0.39, 0.29) is 12.1 Å². The number of alkyl carbamates (subject to hydrolysis) is 1. The number of ether oxygens (including phenoxy) is 2. The molecule has 1 saturated carbocycles. The Morgan fingerprint density at radius 2 is 1.86 bits per heavy atom. The van der Waals surface area contributed by atoms with Gasteiger partial charge in [0, 0.05) is 17.4 Å². The lowest BCUT2D eigenvalue weighted by atomic mass is 10.0. The van der Waals surface area contributed by atoms with Crippen molar-refractivity contribution in [1.29, 1.82) is 0 Å². The van der Waals surface area contributed by atoms with E-state index in [2.05, 4.69) is 21.2 Å². The fourth-order valence-electron chi connectivity index (χ4n) is 4.76. The molecule has 10 heteroatoms. The molecule has 0 radical (unpaired) electrons. The number of rotatable bonds is 9. The molecule has 1 atom stereocenters. The third-order valence-electron chi connectivity index (χ3n) is 6.66. The molecular formula is C27H28BrNO8. The second-order valence-electron chi connectivity index (χ2n) is 9.18. The Morgan fingerprint density at radius 1 is 1.14 bits per heavy atom. The van der Waals surface area contributed by atoms with Crippen LogP contribution in [-0.2, 0) is 15.9 Å². The minimum absolute atomic E-state index is 0.0725. The van der Waals surface area contributed by atoms with Crippen molar-refractivity contribution in [3.63, 3.8) is 0 Å². The topological polar surface area (TPSA) is 135 Å². The van der Waals surface area contributed by atoms with Gasteiger partial charge in [-0.15, -0.1) is 0 Å². The van der Waals surface area contributed by atoms with Crippen molar-refractivity contribution in [3.05, 3.63) is 58.1 Å². The van der Waals surface area contributed by atoms with Crippen LogP contribution in [-0.4, -0.2) is 46.7 Å². The molecule has 1 heterocycles. The molecule has 1 aliphatic carbocycles. The van der Waals surface area contributed by atoms with Gasteiger partial charge in [-0.25, -0.2) is 14.4 Å². The molecule has 0 saturated heterocycles. The number of carbonyl (C=O) groups is 3. The highest BCUT2D eigenvalue weighted by atomic mass is 79.9. The van der Waals surface area contributed by atoms with E-state index >= 15 is 0 Å². The highest BCUT2D eigenvalue weighted by Crippen LogP contribution is 2.39. The summed E-state index contributed by atoms with van der Waals surface area (Å²) in [6.45, 7) is 1.99. The van der Waals surface area contributed by atoms with E-state index in [9.17, 15) is 19.5 Å². The Morgan fingerprint density at radius 3 is 2.54 bits per heavy atom. The van der Waals surface area contributed by atoms with Crippen LogP contribution >= 0.6 is 15.9 Å². The lowest BCUT2D eigenvalue weighted by Crippen LogP contribution is -2.45. The molecule has 0 bridgehead atoms. The second kappa shape index (κ2) is 11.2. The largest absolute Gasteiger partial charge is 0.506 e. The Bertz CT molecular complexity index is 1310. The van der Waals surface area contributed by atoms with Crippen LogP contribution in [0.15, 0.2) is 51.4 Å². The zero-order valence-corrected chi connectivity index (χ0v) is 21.9. The van der Waals surface area contributed by atoms with Crippen molar-refractivity contribution in [2.45, 2.75) is 57.2 Å². The van der Waals surface area contributed by atoms with Gasteiger partial charge < -0.3 is 29.4 Å². The molecule has 3 aromatic rings. The Labute approximate surface area is 221 Å². The summed E-state index contributed by atoms with van der Waals surface area (Å²) in [5, 5.41) is 22.1. The Hall–Kier alpha value is -3.53. The maximum atomic E-state index is 12.5. The zero-order chi connectivity index (χ0) is 26.6. The number of carboxylic acid groups (broad SMARTS) is 2. The molecule has 1 fully saturated rings. The van der Waals surface area contributed by atoms with Crippen LogP contribution in [0.5, 0.6) is 0 Å². The van der Waals surface area contributed by atoms with Gasteiger partial charge in [-0.1, -0.05) is 31.2 Å². The summed E-state index contributed by atoms with van der Waals surface area (Å²) < 4.78 is 17.3. The standard InChI is InChI=1S/C27H28BrNO8/c1-2-17(35-25(32)29-15-27(37-26(33)34)11-5-6-12-27)13-16-9-10-21-20(14-16)22(28)23(36-21)18-7-3-4-8-19(18)24(30)31/h3-4,7-10,14,17H,2,5-6,11-13,15H2,1H3,(H,29,32)(H,30,31)(H,33,34). The van der Waals surface area contributed by atoms with Crippen LogP contribution < -0.4 is 5.32 Å². The summed E-state index contributed by atoms with van der Waals surface area (Å²) in [5.74, 6) is -0.615. The molecule has 4 rings (SSSR count). The van der Waals surface area contributed by atoms with E-state index in [1.54, 1.807) is 18.2 Å². The smallest absolute Gasteiger partial charge is 0.478 e. The van der Waals surface area contributed by atoms with Crippen LogP contribution in [0.2, 0.25) is 0 Å². The van der Waals surface area contributed by atoms with Crippen LogP contribution in [0.1, 0.15) is 54.9 Å². The van der Waals surface area contributed by atoms with E-state index in [0.29, 0.717) is 47.1 Å². The van der Waals surface area contributed by atoms with E-state index < -0.39 is 29.9 Å². The van der Waals surface area contributed by atoms with Crippen LogP contribution in [0, 0.1) is 0 Å². The van der Waals surface area contributed by atoms with E-state index in [0.717, 1.165) is 23.8 Å². The summed E-state index contributed by atoms with van der Waals surface area (Å²) in [4.78, 5) is 35.2. The summed E-state index contributed by atoms with van der Waals surface area (Å²) in [5.41, 5.74) is 1.22. The van der Waals surface area contributed by atoms with Crippen molar-refractivity contribution in [1.82, 2.24) is 5.32 Å². The van der Waals surface area contributed by atoms with E-state index in [1.165, 1.54) is 6.07 Å². The zero-order valence-electron chi connectivity index (χ0n) is 20.3. The summed E-state index contributed by atoms with van der Waals surface area (Å²) in [7, 11) is 0. The fourth-order valence-corrected chi connectivity index (χ4v) is 5.36. The summed E-state index contributed by atoms with van der Waals surface area (Å²) in [6, 6.07) is 12.3. The van der Waals surface area contributed by atoms with Crippen molar-refractivity contribution in [3.8, 4) is 11.3 Å². The first-order valence-corrected chi connectivity index (χ1v) is 12.9. The first-order valence-electron chi connectivity index (χ1n) is 12.1. The SMILES string of the molecule is CCC(Cc1ccc2oc(-c3ccccc3C(=O)O)c(Br)c2c1)OC(=O)NCC1(OC(=O)O)CCCC1. The summed E-state index contributed by atoms with van der Waals surface area (Å²) >= 11 is 3.57. The number of benzene rings is 2. The summed E-state index contributed by atoms with van der Waals surface area (Å²) in [6.07, 6.45) is 1.47. The molecule has 0 spiro atoms. The predicted molar refractivity (Wildman–Crippen MR) is 139 cm³/mol. The molecular weight excluding hydrogens is 546 g/mol. The number of carboxylic acids is 1. The highest BCUT2D eigenvalue weighted by Gasteiger charge is 2.38. The van der Waals surface area contributed by atoms with Crippen molar-refractivity contribution in [2.24, 2.45) is 0 Å². The maximum absolute atomic E-state index is 12.5. The molecule has 37 heavy (non-hydrogen) atoms. The second-order valence-corrected chi connectivity index (χ2v) is 9.97. The quantitative estimate of drug-likeness (QED) is 0.243. The van der Waals surface area contributed by atoms with Gasteiger partial charge >= 0.3 is 18.2 Å². The number of aromatic carboxylic acids is 1. The number of furan rings is 1. The van der Waals surface area contributed by atoms with Gasteiger partial charge in [0.1, 0.15) is 23.0 Å². The van der Waals surface area contributed by atoms with Gasteiger partial charge in [-0.3, -0.25) is 0 Å². The van der Waals surface area contributed by atoms with Gasteiger partial charge in [-0.2, -0.15) is 0 Å². The Balaban J connectivity index is 1.45. The van der Waals surface area contributed by atoms with Crippen LogP contribution in [0.4, 0.5) is 9.59 Å².